The lowest BCUT2D eigenvalue weighted by Gasteiger charge is -2.33. The number of hydrogen-bond donors (Lipinski definition) is 1. The third-order valence-corrected chi connectivity index (χ3v) is 3.98. The quantitative estimate of drug-likeness (QED) is 0.932. The molecule has 0 radical (unpaired) electrons. The Morgan fingerprint density at radius 1 is 1.44 bits per heavy atom. The molecular weight excluding hydrogens is 298 g/mol. The molecule has 1 aromatic rings. The Morgan fingerprint density at radius 2 is 2.11 bits per heavy atom. The van der Waals surface area contributed by atoms with Crippen molar-refractivity contribution in [3.63, 3.8) is 0 Å². The van der Waals surface area contributed by atoms with Crippen LogP contribution in [0.4, 0.5) is 5.69 Å². The van der Waals surface area contributed by atoms with E-state index < -0.39 is 5.97 Å². The zero-order chi connectivity index (χ0) is 13.1. The van der Waals surface area contributed by atoms with Gasteiger partial charge in [0.1, 0.15) is 0 Å². The van der Waals surface area contributed by atoms with Crippen LogP contribution in [0.25, 0.3) is 0 Å². The van der Waals surface area contributed by atoms with Gasteiger partial charge in [-0.2, -0.15) is 0 Å². The van der Waals surface area contributed by atoms with Crippen molar-refractivity contribution in [2.75, 3.05) is 25.2 Å². The van der Waals surface area contributed by atoms with Gasteiger partial charge in [0.2, 0.25) is 0 Å². The molecule has 2 rings (SSSR count). The van der Waals surface area contributed by atoms with Crippen molar-refractivity contribution >= 4 is 27.6 Å². The molecule has 0 aliphatic carbocycles. The van der Waals surface area contributed by atoms with Gasteiger partial charge in [0.25, 0.3) is 0 Å². The SMILES string of the molecule is CN(c1cccc(Br)c1C(=O)O)C1CCOCC1. The van der Waals surface area contributed by atoms with E-state index >= 15 is 0 Å². The highest BCUT2D eigenvalue weighted by Gasteiger charge is 2.23. The van der Waals surface area contributed by atoms with Crippen LogP contribution in [0.15, 0.2) is 22.7 Å². The van der Waals surface area contributed by atoms with Crippen LogP contribution in [-0.4, -0.2) is 37.4 Å². The Hall–Kier alpha value is -1.07. The molecule has 1 heterocycles. The lowest BCUT2D eigenvalue weighted by atomic mass is 10.0. The summed E-state index contributed by atoms with van der Waals surface area (Å²) in [7, 11) is 1.95. The van der Waals surface area contributed by atoms with Gasteiger partial charge in [-0.05, 0) is 40.9 Å². The van der Waals surface area contributed by atoms with Gasteiger partial charge in [0, 0.05) is 30.8 Å². The van der Waals surface area contributed by atoms with Crippen LogP contribution in [0, 0.1) is 0 Å². The zero-order valence-corrected chi connectivity index (χ0v) is 11.8. The first kappa shape index (κ1) is 13.4. The van der Waals surface area contributed by atoms with Crippen molar-refractivity contribution in [3.05, 3.63) is 28.2 Å². The van der Waals surface area contributed by atoms with E-state index in [1.165, 1.54) is 0 Å². The Bertz CT molecular complexity index is 444. The minimum Gasteiger partial charge on any atom is -0.478 e. The molecule has 0 aromatic heterocycles. The molecule has 0 saturated carbocycles. The van der Waals surface area contributed by atoms with Crippen molar-refractivity contribution in [3.8, 4) is 0 Å². The standard InChI is InChI=1S/C13H16BrNO3/c1-15(9-5-7-18-8-6-9)11-4-2-3-10(14)12(11)13(16)17/h2-4,9H,5-8H2,1H3,(H,16,17). The zero-order valence-electron chi connectivity index (χ0n) is 10.2. The van der Waals surface area contributed by atoms with E-state index in [-0.39, 0.29) is 0 Å². The number of halogens is 1. The molecule has 5 heteroatoms. The van der Waals surface area contributed by atoms with Crippen LogP contribution in [-0.2, 0) is 4.74 Å². The first-order valence-electron chi connectivity index (χ1n) is 5.93. The summed E-state index contributed by atoms with van der Waals surface area (Å²) in [6, 6.07) is 5.81. The predicted octanol–water partition coefficient (Wildman–Crippen LogP) is 2.76. The molecule has 1 aliphatic heterocycles. The van der Waals surface area contributed by atoms with E-state index in [1.807, 2.05) is 19.2 Å². The number of nitrogens with zero attached hydrogens (tertiary/aromatic N) is 1. The van der Waals surface area contributed by atoms with E-state index in [1.54, 1.807) is 6.07 Å². The Labute approximate surface area is 115 Å². The summed E-state index contributed by atoms with van der Waals surface area (Å²) in [5.74, 6) is -0.906. The Balaban J connectivity index is 2.31. The molecule has 1 aromatic carbocycles. The average molecular weight is 314 g/mol. The summed E-state index contributed by atoms with van der Waals surface area (Å²) in [4.78, 5) is 13.4. The van der Waals surface area contributed by atoms with E-state index in [2.05, 4.69) is 20.8 Å². The average Bonchev–Trinajstić information content (AvgIpc) is 2.38. The first-order chi connectivity index (χ1) is 8.61. The third kappa shape index (κ3) is 2.67. The van der Waals surface area contributed by atoms with Crippen LogP contribution >= 0.6 is 15.9 Å². The van der Waals surface area contributed by atoms with Gasteiger partial charge in [-0.15, -0.1) is 0 Å². The summed E-state index contributed by atoms with van der Waals surface area (Å²) in [6.07, 6.45) is 1.87. The monoisotopic (exact) mass is 313 g/mol. The lowest BCUT2D eigenvalue weighted by Crippen LogP contribution is -2.37. The topological polar surface area (TPSA) is 49.8 Å². The number of ether oxygens (including phenoxy) is 1. The maximum absolute atomic E-state index is 11.3. The van der Waals surface area contributed by atoms with Gasteiger partial charge in [-0.1, -0.05) is 6.07 Å². The minimum atomic E-state index is -0.906. The molecule has 1 saturated heterocycles. The highest BCUT2D eigenvalue weighted by Crippen LogP contribution is 2.30. The van der Waals surface area contributed by atoms with Crippen LogP contribution in [0.3, 0.4) is 0 Å². The minimum absolute atomic E-state index is 0.325. The van der Waals surface area contributed by atoms with E-state index in [0.29, 0.717) is 16.1 Å². The van der Waals surface area contributed by atoms with Gasteiger partial charge < -0.3 is 14.7 Å². The van der Waals surface area contributed by atoms with Gasteiger partial charge in [0.15, 0.2) is 0 Å². The number of carboxylic acid groups (broad SMARTS) is 1. The van der Waals surface area contributed by atoms with E-state index in [9.17, 15) is 9.90 Å². The molecule has 18 heavy (non-hydrogen) atoms. The predicted molar refractivity (Wildman–Crippen MR) is 73.3 cm³/mol. The largest absolute Gasteiger partial charge is 0.478 e. The maximum Gasteiger partial charge on any atom is 0.338 e. The molecule has 0 spiro atoms. The summed E-state index contributed by atoms with van der Waals surface area (Å²) in [5.41, 5.74) is 1.08. The Kier molecular flexibility index (Phi) is 4.24. The smallest absolute Gasteiger partial charge is 0.338 e. The molecule has 0 unspecified atom stereocenters. The molecule has 1 fully saturated rings. The molecule has 98 valence electrons. The van der Waals surface area contributed by atoms with Crippen molar-refractivity contribution < 1.29 is 14.6 Å². The van der Waals surface area contributed by atoms with Gasteiger partial charge in [0.05, 0.1) is 11.3 Å². The van der Waals surface area contributed by atoms with Crippen molar-refractivity contribution in [2.45, 2.75) is 18.9 Å². The second-order valence-electron chi connectivity index (χ2n) is 4.39. The summed E-state index contributed by atoms with van der Waals surface area (Å²) in [5, 5.41) is 9.31. The molecule has 0 atom stereocenters. The first-order valence-corrected chi connectivity index (χ1v) is 6.73. The summed E-state index contributed by atoms with van der Waals surface area (Å²) < 4.78 is 5.95. The number of rotatable bonds is 3. The summed E-state index contributed by atoms with van der Waals surface area (Å²) >= 11 is 3.31. The number of benzene rings is 1. The molecule has 0 bridgehead atoms. The lowest BCUT2D eigenvalue weighted by molar-refractivity contribution is 0.0695. The van der Waals surface area contributed by atoms with Crippen molar-refractivity contribution in [2.24, 2.45) is 0 Å². The van der Waals surface area contributed by atoms with Gasteiger partial charge in [-0.3, -0.25) is 0 Å². The van der Waals surface area contributed by atoms with E-state index in [0.717, 1.165) is 31.7 Å². The number of aromatic carboxylic acids is 1. The third-order valence-electron chi connectivity index (χ3n) is 3.32. The normalized spacial score (nSPS) is 16.6. The number of anilines is 1. The van der Waals surface area contributed by atoms with Crippen LogP contribution in [0.5, 0.6) is 0 Å². The molecule has 1 N–H and O–H groups in total. The maximum atomic E-state index is 11.3. The number of carbonyl (C=O) groups is 1. The second kappa shape index (κ2) is 5.71. The molecular formula is C13H16BrNO3. The second-order valence-corrected chi connectivity index (χ2v) is 5.25. The van der Waals surface area contributed by atoms with Crippen LogP contribution in [0.2, 0.25) is 0 Å². The fourth-order valence-corrected chi connectivity index (χ4v) is 2.81. The van der Waals surface area contributed by atoms with Crippen molar-refractivity contribution in [1.82, 2.24) is 0 Å². The fourth-order valence-electron chi connectivity index (χ4n) is 2.29. The molecule has 0 amide bonds. The fraction of sp³-hybridized carbons (Fsp3) is 0.462. The van der Waals surface area contributed by atoms with Crippen LogP contribution < -0.4 is 4.90 Å². The molecule has 1 aliphatic rings. The van der Waals surface area contributed by atoms with Crippen LogP contribution in [0.1, 0.15) is 23.2 Å². The highest BCUT2D eigenvalue weighted by molar-refractivity contribution is 9.10. The number of carboxylic acids is 1. The van der Waals surface area contributed by atoms with Gasteiger partial charge in [-0.25, -0.2) is 4.79 Å². The van der Waals surface area contributed by atoms with Gasteiger partial charge >= 0.3 is 5.97 Å². The Morgan fingerprint density at radius 3 is 2.72 bits per heavy atom. The van der Waals surface area contributed by atoms with E-state index in [4.69, 9.17) is 4.74 Å². The highest BCUT2D eigenvalue weighted by atomic mass is 79.9. The summed E-state index contributed by atoms with van der Waals surface area (Å²) in [6.45, 7) is 1.48. The molecule has 4 nitrogen and oxygen atoms in total. The number of hydrogen-bond acceptors (Lipinski definition) is 3. The van der Waals surface area contributed by atoms with Crippen molar-refractivity contribution in [1.29, 1.82) is 0 Å².